The first-order chi connectivity index (χ1) is 11.9. The van der Waals surface area contributed by atoms with Crippen molar-refractivity contribution in [2.24, 2.45) is 0 Å². The maximum Gasteiger partial charge on any atom is 0.226 e. The summed E-state index contributed by atoms with van der Waals surface area (Å²) in [5.74, 6) is -1.94. The first-order valence-electron chi connectivity index (χ1n) is 7.73. The predicted octanol–water partition coefficient (Wildman–Crippen LogP) is 2.41. The second kappa shape index (κ2) is 6.60. The van der Waals surface area contributed by atoms with E-state index in [4.69, 9.17) is 0 Å². The number of fused-ring (bicyclic) bond motifs is 1. The number of carbonyl (C=O) groups is 1. The number of amides is 1. The number of carbonyl (C=O) groups excluding carboxylic acids is 1. The normalized spacial score (nSPS) is 13.6. The number of aromatic nitrogens is 2. The van der Waals surface area contributed by atoms with Crippen molar-refractivity contribution >= 4 is 16.8 Å². The molecular formula is C18H17F2N3O2. The Bertz CT molecular complexity index is 922. The molecule has 0 saturated heterocycles. The van der Waals surface area contributed by atoms with Crippen molar-refractivity contribution < 1.29 is 18.7 Å². The molecule has 1 amide bonds. The van der Waals surface area contributed by atoms with Crippen LogP contribution in [0.1, 0.15) is 18.2 Å². The van der Waals surface area contributed by atoms with Crippen LogP contribution < -0.4 is 5.32 Å². The molecule has 0 aliphatic rings. The lowest BCUT2D eigenvalue weighted by molar-refractivity contribution is -0.121. The third kappa shape index (κ3) is 3.66. The van der Waals surface area contributed by atoms with Crippen molar-refractivity contribution in [1.29, 1.82) is 0 Å². The lowest BCUT2D eigenvalue weighted by Gasteiger charge is -2.24. The van der Waals surface area contributed by atoms with Gasteiger partial charge in [0, 0.05) is 17.0 Å². The molecule has 0 aliphatic carbocycles. The number of nitrogens with zero attached hydrogens (tertiary/aromatic N) is 1. The molecule has 130 valence electrons. The van der Waals surface area contributed by atoms with Crippen LogP contribution in [0.15, 0.2) is 42.5 Å². The van der Waals surface area contributed by atoms with Gasteiger partial charge in [-0.05, 0) is 19.1 Å². The lowest BCUT2D eigenvalue weighted by Crippen LogP contribution is -2.39. The van der Waals surface area contributed by atoms with E-state index >= 15 is 0 Å². The van der Waals surface area contributed by atoms with Gasteiger partial charge in [0.15, 0.2) is 0 Å². The van der Waals surface area contributed by atoms with Gasteiger partial charge in [-0.25, -0.2) is 8.78 Å². The second-order valence-electron chi connectivity index (χ2n) is 6.07. The number of rotatable bonds is 5. The summed E-state index contributed by atoms with van der Waals surface area (Å²) in [6.45, 7) is 1.15. The number of para-hydroxylation sites is 1. The lowest BCUT2D eigenvalue weighted by atomic mass is 9.95. The van der Waals surface area contributed by atoms with Gasteiger partial charge in [-0.3, -0.25) is 9.89 Å². The van der Waals surface area contributed by atoms with E-state index in [1.807, 2.05) is 24.3 Å². The van der Waals surface area contributed by atoms with Gasteiger partial charge in [0.2, 0.25) is 5.91 Å². The predicted molar refractivity (Wildman–Crippen MR) is 88.7 cm³/mol. The fraction of sp³-hybridized carbons (Fsp3) is 0.222. The van der Waals surface area contributed by atoms with Crippen LogP contribution in [0.5, 0.6) is 0 Å². The number of aromatic amines is 1. The standard InChI is InChI=1S/C18H17F2N3O2/c1-18(25,13-7-6-11(19)8-14(13)20)10-21-17(24)9-16-12-4-2-3-5-15(12)22-23-16/h2-8,25H,9-10H2,1H3,(H,21,24)(H,22,23). The number of nitrogens with one attached hydrogen (secondary N) is 2. The van der Waals surface area contributed by atoms with E-state index in [0.717, 1.165) is 17.0 Å². The first-order valence-corrected chi connectivity index (χ1v) is 7.73. The molecule has 0 saturated carbocycles. The maximum atomic E-state index is 13.8. The Kier molecular flexibility index (Phi) is 4.50. The number of benzene rings is 2. The Morgan fingerprint density at radius 3 is 2.80 bits per heavy atom. The van der Waals surface area contributed by atoms with Crippen molar-refractivity contribution in [2.75, 3.05) is 6.54 Å². The number of hydrogen-bond donors (Lipinski definition) is 3. The molecule has 5 nitrogen and oxygen atoms in total. The molecule has 2 aromatic carbocycles. The third-order valence-electron chi connectivity index (χ3n) is 4.02. The summed E-state index contributed by atoms with van der Waals surface area (Å²) < 4.78 is 26.8. The van der Waals surface area contributed by atoms with E-state index in [9.17, 15) is 18.7 Å². The minimum Gasteiger partial charge on any atom is -0.383 e. The number of H-pyrrole nitrogens is 1. The van der Waals surface area contributed by atoms with Crippen LogP contribution in [0.4, 0.5) is 8.78 Å². The minimum atomic E-state index is -1.66. The molecule has 0 aliphatic heterocycles. The monoisotopic (exact) mass is 345 g/mol. The van der Waals surface area contributed by atoms with Crippen LogP contribution in [0.3, 0.4) is 0 Å². The van der Waals surface area contributed by atoms with Gasteiger partial charge < -0.3 is 10.4 Å². The van der Waals surface area contributed by atoms with E-state index in [1.54, 1.807) is 0 Å². The molecule has 0 bridgehead atoms. The molecular weight excluding hydrogens is 328 g/mol. The van der Waals surface area contributed by atoms with Gasteiger partial charge in [0.25, 0.3) is 0 Å². The highest BCUT2D eigenvalue weighted by molar-refractivity contribution is 5.87. The van der Waals surface area contributed by atoms with E-state index in [2.05, 4.69) is 15.5 Å². The SMILES string of the molecule is CC(O)(CNC(=O)Cc1[nH]nc2ccccc12)c1ccc(F)cc1F. The first kappa shape index (κ1) is 17.0. The summed E-state index contributed by atoms with van der Waals surface area (Å²) >= 11 is 0. The zero-order valence-electron chi connectivity index (χ0n) is 13.5. The minimum absolute atomic E-state index is 0.0441. The molecule has 0 spiro atoms. The highest BCUT2D eigenvalue weighted by atomic mass is 19.1. The number of hydrogen-bond acceptors (Lipinski definition) is 3. The molecule has 1 atom stereocenters. The van der Waals surface area contributed by atoms with Crippen LogP contribution in [0.2, 0.25) is 0 Å². The van der Waals surface area contributed by atoms with Crippen LogP contribution >= 0.6 is 0 Å². The van der Waals surface area contributed by atoms with Gasteiger partial charge in [-0.1, -0.05) is 24.3 Å². The molecule has 1 unspecified atom stereocenters. The van der Waals surface area contributed by atoms with Gasteiger partial charge >= 0.3 is 0 Å². The molecule has 3 aromatic rings. The summed E-state index contributed by atoms with van der Waals surface area (Å²) in [6, 6.07) is 10.3. The molecule has 0 radical (unpaired) electrons. The summed E-state index contributed by atoms with van der Waals surface area (Å²) in [4.78, 5) is 12.1. The number of aliphatic hydroxyl groups is 1. The Labute approximate surface area is 142 Å². The molecule has 25 heavy (non-hydrogen) atoms. The highest BCUT2D eigenvalue weighted by Gasteiger charge is 2.27. The quantitative estimate of drug-likeness (QED) is 0.664. The summed E-state index contributed by atoms with van der Waals surface area (Å²) in [5.41, 5.74) is -0.337. The zero-order chi connectivity index (χ0) is 18.0. The Morgan fingerprint density at radius 2 is 2.04 bits per heavy atom. The smallest absolute Gasteiger partial charge is 0.226 e. The van der Waals surface area contributed by atoms with Crippen LogP contribution in [0, 0.1) is 11.6 Å². The topological polar surface area (TPSA) is 78.0 Å². The van der Waals surface area contributed by atoms with E-state index < -0.39 is 17.2 Å². The molecule has 3 N–H and O–H groups in total. The largest absolute Gasteiger partial charge is 0.383 e. The molecule has 7 heteroatoms. The van der Waals surface area contributed by atoms with Gasteiger partial charge in [0.05, 0.1) is 24.2 Å². The van der Waals surface area contributed by atoms with Crippen molar-refractivity contribution in [3.63, 3.8) is 0 Å². The molecule has 1 aromatic heterocycles. The third-order valence-corrected chi connectivity index (χ3v) is 4.02. The van der Waals surface area contributed by atoms with E-state index in [0.29, 0.717) is 11.8 Å². The van der Waals surface area contributed by atoms with Gasteiger partial charge in [0.1, 0.15) is 17.2 Å². The molecule has 0 fully saturated rings. The fourth-order valence-corrected chi connectivity index (χ4v) is 2.66. The van der Waals surface area contributed by atoms with Gasteiger partial charge in [-0.15, -0.1) is 0 Å². The van der Waals surface area contributed by atoms with Crippen LogP contribution in [-0.4, -0.2) is 27.8 Å². The van der Waals surface area contributed by atoms with Crippen molar-refractivity contribution in [1.82, 2.24) is 15.5 Å². The fourth-order valence-electron chi connectivity index (χ4n) is 2.66. The Hall–Kier alpha value is -2.80. The highest BCUT2D eigenvalue weighted by Crippen LogP contribution is 2.23. The zero-order valence-corrected chi connectivity index (χ0v) is 13.5. The van der Waals surface area contributed by atoms with Crippen LogP contribution in [-0.2, 0) is 16.8 Å². The van der Waals surface area contributed by atoms with Crippen LogP contribution in [0.25, 0.3) is 10.9 Å². The van der Waals surface area contributed by atoms with Crippen molar-refractivity contribution in [2.45, 2.75) is 18.9 Å². The Morgan fingerprint density at radius 1 is 1.28 bits per heavy atom. The Balaban J connectivity index is 1.67. The van der Waals surface area contributed by atoms with E-state index in [1.165, 1.54) is 13.0 Å². The molecule has 1 heterocycles. The summed E-state index contributed by atoms with van der Waals surface area (Å²) in [5, 5.41) is 20.7. The summed E-state index contributed by atoms with van der Waals surface area (Å²) in [7, 11) is 0. The average molecular weight is 345 g/mol. The van der Waals surface area contributed by atoms with Crippen molar-refractivity contribution in [3.05, 3.63) is 65.4 Å². The molecule has 3 rings (SSSR count). The van der Waals surface area contributed by atoms with E-state index in [-0.39, 0.29) is 24.4 Å². The summed E-state index contributed by atoms with van der Waals surface area (Å²) in [6.07, 6.45) is 0.0441. The maximum absolute atomic E-state index is 13.8. The van der Waals surface area contributed by atoms with Gasteiger partial charge in [-0.2, -0.15) is 5.10 Å². The number of halogens is 2. The van der Waals surface area contributed by atoms with Crippen molar-refractivity contribution in [3.8, 4) is 0 Å². The average Bonchev–Trinajstić information content (AvgIpc) is 2.96. The second-order valence-corrected chi connectivity index (χ2v) is 6.07.